The number of hydrogen-bond acceptors (Lipinski definition) is 4. The molecule has 0 bridgehead atoms. The molecule has 1 aliphatic rings. The molecule has 6 heteroatoms. The molecule has 0 saturated carbocycles. The summed E-state index contributed by atoms with van der Waals surface area (Å²) in [7, 11) is 0. The van der Waals surface area contributed by atoms with E-state index in [9.17, 15) is 9.59 Å². The van der Waals surface area contributed by atoms with E-state index in [0.29, 0.717) is 18.2 Å². The Kier molecular flexibility index (Phi) is 4.79. The molecule has 0 spiro atoms. The first-order valence-corrected chi connectivity index (χ1v) is 6.85. The van der Waals surface area contributed by atoms with Crippen LogP contribution in [0.1, 0.15) is 36.1 Å². The minimum atomic E-state index is -1.11. The van der Waals surface area contributed by atoms with E-state index in [1.54, 1.807) is 6.07 Å². The second-order valence-corrected chi connectivity index (χ2v) is 5.33. The van der Waals surface area contributed by atoms with Crippen LogP contribution in [-0.4, -0.2) is 41.5 Å². The zero-order valence-electron chi connectivity index (χ0n) is 11.6. The maximum atomic E-state index is 11.8. The zero-order valence-corrected chi connectivity index (χ0v) is 11.6. The third-order valence-corrected chi connectivity index (χ3v) is 3.44. The van der Waals surface area contributed by atoms with E-state index in [1.807, 2.05) is 0 Å². The number of amides is 1. The minimum Gasteiger partial charge on any atom is -0.475 e. The summed E-state index contributed by atoms with van der Waals surface area (Å²) in [4.78, 5) is 24.6. The molecule has 20 heavy (non-hydrogen) atoms. The highest BCUT2D eigenvalue weighted by atomic mass is 16.4. The average molecular weight is 280 g/mol. The highest BCUT2D eigenvalue weighted by molar-refractivity contribution is 5.84. The molecule has 1 saturated heterocycles. The Labute approximate surface area is 117 Å². The summed E-state index contributed by atoms with van der Waals surface area (Å²) in [6.07, 6.45) is 2.36. The minimum absolute atomic E-state index is 0.0626. The summed E-state index contributed by atoms with van der Waals surface area (Å²) in [5.74, 6) is -0.195. The largest absolute Gasteiger partial charge is 0.475 e. The van der Waals surface area contributed by atoms with E-state index >= 15 is 0 Å². The Morgan fingerprint density at radius 3 is 2.95 bits per heavy atom. The molecule has 1 amide bonds. The molecule has 1 aromatic rings. The van der Waals surface area contributed by atoms with Gasteiger partial charge in [0, 0.05) is 6.54 Å². The smallest absolute Gasteiger partial charge is 0.371 e. The van der Waals surface area contributed by atoms with Gasteiger partial charge in [0.15, 0.2) is 0 Å². The van der Waals surface area contributed by atoms with Crippen molar-refractivity contribution in [3.05, 3.63) is 23.7 Å². The van der Waals surface area contributed by atoms with Gasteiger partial charge in [0.2, 0.25) is 11.7 Å². The number of carboxylic acid groups (broad SMARTS) is 1. The van der Waals surface area contributed by atoms with Gasteiger partial charge in [-0.2, -0.15) is 0 Å². The Morgan fingerprint density at radius 2 is 2.30 bits per heavy atom. The predicted molar refractivity (Wildman–Crippen MR) is 72.4 cm³/mol. The van der Waals surface area contributed by atoms with Crippen molar-refractivity contribution < 1.29 is 19.1 Å². The van der Waals surface area contributed by atoms with Gasteiger partial charge in [-0.15, -0.1) is 0 Å². The molecule has 6 nitrogen and oxygen atoms in total. The van der Waals surface area contributed by atoms with Crippen LogP contribution in [0.4, 0.5) is 0 Å². The van der Waals surface area contributed by atoms with Crippen molar-refractivity contribution >= 4 is 11.9 Å². The van der Waals surface area contributed by atoms with Crippen LogP contribution in [0.15, 0.2) is 16.5 Å². The van der Waals surface area contributed by atoms with Crippen LogP contribution >= 0.6 is 0 Å². The Hall–Kier alpha value is -1.82. The van der Waals surface area contributed by atoms with Gasteiger partial charge < -0.3 is 14.8 Å². The van der Waals surface area contributed by atoms with Gasteiger partial charge >= 0.3 is 5.97 Å². The first kappa shape index (κ1) is 14.6. The standard InChI is InChI=1S/C14H20N2O4/c1-10-3-2-6-16(8-10)9-13(17)15-7-11-4-5-12(20-11)14(18)19/h4-5,10H,2-3,6-9H2,1H3,(H,15,17)(H,18,19)/t10-/m0/s1. The summed E-state index contributed by atoms with van der Waals surface area (Å²) in [5, 5.41) is 11.5. The van der Waals surface area contributed by atoms with Gasteiger partial charge in [-0.1, -0.05) is 6.92 Å². The Balaban J connectivity index is 1.75. The summed E-state index contributed by atoms with van der Waals surface area (Å²) >= 11 is 0. The van der Waals surface area contributed by atoms with Gasteiger partial charge in [0.25, 0.3) is 0 Å². The van der Waals surface area contributed by atoms with Crippen LogP contribution in [0.5, 0.6) is 0 Å². The van der Waals surface area contributed by atoms with Crippen molar-refractivity contribution in [2.75, 3.05) is 19.6 Å². The summed E-state index contributed by atoms with van der Waals surface area (Å²) in [6.45, 7) is 4.71. The lowest BCUT2D eigenvalue weighted by molar-refractivity contribution is -0.122. The van der Waals surface area contributed by atoms with E-state index in [4.69, 9.17) is 9.52 Å². The number of carbonyl (C=O) groups excluding carboxylic acids is 1. The lowest BCUT2D eigenvalue weighted by Crippen LogP contribution is -2.41. The molecule has 2 rings (SSSR count). The van der Waals surface area contributed by atoms with Crippen molar-refractivity contribution in [1.29, 1.82) is 0 Å². The van der Waals surface area contributed by atoms with Crippen molar-refractivity contribution in [1.82, 2.24) is 10.2 Å². The predicted octanol–water partition coefficient (Wildman–Crippen LogP) is 1.33. The maximum absolute atomic E-state index is 11.8. The molecule has 1 aromatic heterocycles. The van der Waals surface area contributed by atoms with E-state index in [1.165, 1.54) is 12.5 Å². The fourth-order valence-electron chi connectivity index (χ4n) is 2.46. The quantitative estimate of drug-likeness (QED) is 0.850. The van der Waals surface area contributed by atoms with Crippen LogP contribution in [0.3, 0.4) is 0 Å². The van der Waals surface area contributed by atoms with E-state index < -0.39 is 5.97 Å². The molecule has 0 radical (unpaired) electrons. The van der Waals surface area contributed by atoms with Gasteiger partial charge in [0.1, 0.15) is 5.76 Å². The molecular weight excluding hydrogens is 260 g/mol. The molecule has 1 fully saturated rings. The fourth-order valence-corrected chi connectivity index (χ4v) is 2.46. The SMILES string of the molecule is C[C@H]1CCCN(CC(=O)NCc2ccc(C(=O)O)o2)C1. The van der Waals surface area contributed by atoms with Gasteiger partial charge in [0.05, 0.1) is 13.1 Å². The van der Waals surface area contributed by atoms with E-state index in [0.717, 1.165) is 19.5 Å². The third-order valence-electron chi connectivity index (χ3n) is 3.44. The van der Waals surface area contributed by atoms with Crippen LogP contribution in [0.25, 0.3) is 0 Å². The molecule has 2 N–H and O–H groups in total. The number of aromatic carboxylic acids is 1. The third kappa shape index (κ3) is 4.09. The first-order chi connectivity index (χ1) is 9.54. The van der Waals surface area contributed by atoms with Crippen molar-refractivity contribution in [2.24, 2.45) is 5.92 Å². The molecule has 2 heterocycles. The molecular formula is C14H20N2O4. The normalized spacial score (nSPS) is 19.8. The number of hydrogen-bond donors (Lipinski definition) is 2. The highest BCUT2D eigenvalue weighted by Crippen LogP contribution is 2.14. The number of carbonyl (C=O) groups is 2. The summed E-state index contributed by atoms with van der Waals surface area (Å²) < 4.78 is 5.07. The second-order valence-electron chi connectivity index (χ2n) is 5.33. The summed E-state index contributed by atoms with van der Waals surface area (Å²) in [6, 6.07) is 2.95. The van der Waals surface area contributed by atoms with Crippen LogP contribution < -0.4 is 5.32 Å². The van der Waals surface area contributed by atoms with E-state index in [2.05, 4.69) is 17.1 Å². The maximum Gasteiger partial charge on any atom is 0.371 e. The number of nitrogens with zero attached hydrogens (tertiary/aromatic N) is 1. The number of likely N-dealkylation sites (tertiary alicyclic amines) is 1. The molecule has 0 unspecified atom stereocenters. The van der Waals surface area contributed by atoms with Gasteiger partial charge in [-0.25, -0.2) is 4.79 Å². The van der Waals surface area contributed by atoms with Crippen LogP contribution in [0.2, 0.25) is 0 Å². The van der Waals surface area contributed by atoms with Crippen molar-refractivity contribution in [3.63, 3.8) is 0 Å². The number of rotatable bonds is 5. The lowest BCUT2D eigenvalue weighted by Gasteiger charge is -2.30. The molecule has 1 atom stereocenters. The molecule has 110 valence electrons. The number of carboxylic acids is 1. The monoisotopic (exact) mass is 280 g/mol. The number of furan rings is 1. The van der Waals surface area contributed by atoms with Crippen LogP contribution in [-0.2, 0) is 11.3 Å². The van der Waals surface area contributed by atoms with Crippen molar-refractivity contribution in [3.8, 4) is 0 Å². The zero-order chi connectivity index (χ0) is 14.5. The Morgan fingerprint density at radius 1 is 1.50 bits per heavy atom. The highest BCUT2D eigenvalue weighted by Gasteiger charge is 2.18. The van der Waals surface area contributed by atoms with Gasteiger partial charge in [-0.3, -0.25) is 9.69 Å². The topological polar surface area (TPSA) is 82.8 Å². The van der Waals surface area contributed by atoms with Crippen LogP contribution in [0, 0.1) is 5.92 Å². The van der Waals surface area contributed by atoms with Crippen molar-refractivity contribution in [2.45, 2.75) is 26.3 Å². The fraction of sp³-hybridized carbons (Fsp3) is 0.571. The van der Waals surface area contributed by atoms with E-state index in [-0.39, 0.29) is 18.2 Å². The summed E-state index contributed by atoms with van der Waals surface area (Å²) in [5.41, 5.74) is 0. The second kappa shape index (κ2) is 6.56. The molecule has 1 aliphatic heterocycles. The first-order valence-electron chi connectivity index (χ1n) is 6.85. The van der Waals surface area contributed by atoms with Gasteiger partial charge in [-0.05, 0) is 37.4 Å². The molecule has 0 aliphatic carbocycles. The number of piperidine rings is 1. The number of nitrogens with one attached hydrogen (secondary N) is 1. The molecule has 0 aromatic carbocycles. The lowest BCUT2D eigenvalue weighted by atomic mass is 10.0. The Bertz CT molecular complexity index is 483. The average Bonchev–Trinajstić information content (AvgIpc) is 2.85.